The smallest absolute Gasteiger partial charge is 0.270 e. The van der Waals surface area contributed by atoms with Gasteiger partial charge in [0.15, 0.2) is 0 Å². The summed E-state index contributed by atoms with van der Waals surface area (Å²) in [5.41, 5.74) is 6.50. The van der Waals surface area contributed by atoms with E-state index in [0.29, 0.717) is 22.8 Å². The van der Waals surface area contributed by atoms with Crippen LogP contribution in [0, 0.1) is 0 Å². The molecule has 1 aromatic carbocycles. The minimum Gasteiger partial charge on any atom is -0.491 e. The predicted molar refractivity (Wildman–Crippen MR) is 89.5 cm³/mol. The van der Waals surface area contributed by atoms with E-state index < -0.39 is 6.10 Å². The summed E-state index contributed by atoms with van der Waals surface area (Å²) in [6, 6.07) is 7.16. The number of aliphatic hydroxyl groups is 1. The number of ether oxygens (including phenoxy) is 1. The Morgan fingerprint density at radius 2 is 2.09 bits per heavy atom. The zero-order valence-corrected chi connectivity index (χ0v) is 14.0. The Bertz CT molecular complexity index is 640. The molecule has 23 heavy (non-hydrogen) atoms. The molecule has 1 aromatic heterocycles. The SMILES string of the molecule is CC(C)Oc1ccc(C(O)CNC(=O)c2csc(CN)n2)cc1. The van der Waals surface area contributed by atoms with E-state index in [4.69, 9.17) is 10.5 Å². The zero-order valence-electron chi connectivity index (χ0n) is 13.2. The Kier molecular flexibility index (Phi) is 6.09. The van der Waals surface area contributed by atoms with Gasteiger partial charge in [-0.3, -0.25) is 4.79 Å². The average molecular weight is 335 g/mol. The van der Waals surface area contributed by atoms with Crippen molar-refractivity contribution in [1.29, 1.82) is 0 Å². The lowest BCUT2D eigenvalue weighted by molar-refractivity contribution is 0.0912. The zero-order chi connectivity index (χ0) is 16.8. The van der Waals surface area contributed by atoms with Crippen LogP contribution in [0.2, 0.25) is 0 Å². The minimum atomic E-state index is -0.792. The van der Waals surface area contributed by atoms with E-state index in [2.05, 4.69) is 10.3 Å². The topological polar surface area (TPSA) is 97.5 Å². The normalized spacial score (nSPS) is 12.2. The number of rotatable bonds is 7. The van der Waals surface area contributed by atoms with E-state index in [1.165, 1.54) is 11.3 Å². The summed E-state index contributed by atoms with van der Waals surface area (Å²) in [4.78, 5) is 16.0. The van der Waals surface area contributed by atoms with E-state index >= 15 is 0 Å². The molecule has 1 unspecified atom stereocenters. The first-order chi connectivity index (χ1) is 11.0. The monoisotopic (exact) mass is 335 g/mol. The summed E-state index contributed by atoms with van der Waals surface area (Å²) in [6.07, 6.45) is -0.693. The number of benzene rings is 1. The molecule has 0 spiro atoms. The van der Waals surface area contributed by atoms with Gasteiger partial charge in [-0.15, -0.1) is 11.3 Å². The van der Waals surface area contributed by atoms with Crippen LogP contribution >= 0.6 is 11.3 Å². The van der Waals surface area contributed by atoms with Crippen LogP contribution < -0.4 is 15.8 Å². The number of nitrogens with zero attached hydrogens (tertiary/aromatic N) is 1. The van der Waals surface area contributed by atoms with Gasteiger partial charge >= 0.3 is 0 Å². The van der Waals surface area contributed by atoms with Gasteiger partial charge in [-0.25, -0.2) is 4.98 Å². The van der Waals surface area contributed by atoms with Gasteiger partial charge in [0.05, 0.1) is 12.2 Å². The van der Waals surface area contributed by atoms with Crippen molar-refractivity contribution >= 4 is 17.2 Å². The Morgan fingerprint density at radius 3 is 2.65 bits per heavy atom. The third-order valence-electron chi connectivity index (χ3n) is 3.05. The molecule has 0 saturated carbocycles. The molecule has 7 heteroatoms. The molecular formula is C16H21N3O3S. The standard InChI is InChI=1S/C16H21N3O3S/c1-10(2)22-12-5-3-11(4-6-12)14(20)8-18-16(21)13-9-23-15(7-17)19-13/h3-6,9-10,14,20H,7-8,17H2,1-2H3,(H,18,21). The van der Waals surface area contributed by atoms with E-state index in [1.807, 2.05) is 13.8 Å². The minimum absolute atomic E-state index is 0.0987. The Labute approximate surface area is 139 Å². The highest BCUT2D eigenvalue weighted by atomic mass is 32.1. The summed E-state index contributed by atoms with van der Waals surface area (Å²) < 4.78 is 5.55. The number of hydrogen-bond acceptors (Lipinski definition) is 6. The van der Waals surface area contributed by atoms with Crippen molar-refractivity contribution in [2.45, 2.75) is 32.6 Å². The highest BCUT2D eigenvalue weighted by Gasteiger charge is 2.13. The summed E-state index contributed by atoms with van der Waals surface area (Å²) in [5.74, 6) is 0.427. The van der Waals surface area contributed by atoms with Crippen LogP contribution in [-0.4, -0.2) is 28.6 Å². The van der Waals surface area contributed by atoms with Gasteiger partial charge in [0, 0.05) is 18.5 Å². The lowest BCUT2D eigenvalue weighted by Gasteiger charge is -2.14. The Hall–Kier alpha value is -1.96. The van der Waals surface area contributed by atoms with E-state index in [1.54, 1.807) is 29.6 Å². The molecule has 2 aromatic rings. The van der Waals surface area contributed by atoms with Crippen LogP contribution in [0.15, 0.2) is 29.6 Å². The number of carbonyl (C=O) groups excluding carboxylic acids is 1. The molecule has 0 fully saturated rings. The quantitative estimate of drug-likeness (QED) is 0.717. The van der Waals surface area contributed by atoms with Crippen LogP contribution in [0.1, 0.15) is 41.0 Å². The molecule has 4 N–H and O–H groups in total. The fourth-order valence-corrected chi connectivity index (χ4v) is 2.60. The summed E-state index contributed by atoms with van der Waals surface area (Å²) in [5, 5.41) is 15.2. The maximum absolute atomic E-state index is 11.9. The van der Waals surface area contributed by atoms with Gasteiger partial charge in [0.1, 0.15) is 16.5 Å². The first-order valence-electron chi connectivity index (χ1n) is 7.37. The lowest BCUT2D eigenvalue weighted by Crippen LogP contribution is -2.28. The van der Waals surface area contributed by atoms with Gasteiger partial charge in [-0.05, 0) is 31.5 Å². The number of nitrogens with two attached hydrogens (primary N) is 1. The molecule has 124 valence electrons. The van der Waals surface area contributed by atoms with Gasteiger partial charge in [-0.2, -0.15) is 0 Å². The second-order valence-electron chi connectivity index (χ2n) is 5.29. The molecule has 6 nitrogen and oxygen atoms in total. The number of aliphatic hydroxyl groups excluding tert-OH is 1. The number of amides is 1. The molecule has 1 amide bonds. The first-order valence-corrected chi connectivity index (χ1v) is 8.25. The van der Waals surface area contributed by atoms with Crippen molar-refractivity contribution in [3.8, 4) is 5.75 Å². The third-order valence-corrected chi connectivity index (χ3v) is 3.92. The Morgan fingerprint density at radius 1 is 1.39 bits per heavy atom. The van der Waals surface area contributed by atoms with Crippen molar-refractivity contribution in [2.75, 3.05) is 6.54 Å². The highest BCUT2D eigenvalue weighted by Crippen LogP contribution is 2.18. The molecular weight excluding hydrogens is 314 g/mol. The van der Waals surface area contributed by atoms with Crippen molar-refractivity contribution in [2.24, 2.45) is 5.73 Å². The van der Waals surface area contributed by atoms with E-state index in [0.717, 1.165) is 5.75 Å². The number of nitrogens with one attached hydrogen (secondary N) is 1. The number of aromatic nitrogens is 1. The van der Waals surface area contributed by atoms with Crippen LogP contribution in [0.5, 0.6) is 5.75 Å². The molecule has 0 aliphatic carbocycles. The van der Waals surface area contributed by atoms with Crippen molar-refractivity contribution in [1.82, 2.24) is 10.3 Å². The second kappa shape index (κ2) is 8.05. The Balaban J connectivity index is 1.88. The van der Waals surface area contributed by atoms with Crippen LogP contribution in [0.25, 0.3) is 0 Å². The number of thiazole rings is 1. The first kappa shape index (κ1) is 17.4. The fourth-order valence-electron chi connectivity index (χ4n) is 1.95. The van der Waals surface area contributed by atoms with Crippen molar-refractivity contribution in [3.63, 3.8) is 0 Å². The van der Waals surface area contributed by atoms with Gasteiger partial charge < -0.3 is 20.9 Å². The van der Waals surface area contributed by atoms with E-state index in [-0.39, 0.29) is 18.6 Å². The van der Waals surface area contributed by atoms with Crippen molar-refractivity contribution < 1.29 is 14.6 Å². The van der Waals surface area contributed by atoms with Gasteiger partial charge in [0.25, 0.3) is 5.91 Å². The fraction of sp³-hybridized carbons (Fsp3) is 0.375. The maximum atomic E-state index is 11.9. The average Bonchev–Trinajstić information content (AvgIpc) is 3.01. The predicted octanol–water partition coefficient (Wildman–Crippen LogP) is 1.85. The maximum Gasteiger partial charge on any atom is 0.270 e. The number of carbonyl (C=O) groups is 1. The summed E-state index contributed by atoms with van der Waals surface area (Å²) in [7, 11) is 0. The molecule has 1 heterocycles. The van der Waals surface area contributed by atoms with Crippen LogP contribution in [0.3, 0.4) is 0 Å². The largest absolute Gasteiger partial charge is 0.491 e. The molecule has 0 aliphatic rings. The van der Waals surface area contributed by atoms with Gasteiger partial charge in [0.2, 0.25) is 0 Å². The molecule has 1 atom stereocenters. The second-order valence-corrected chi connectivity index (χ2v) is 6.23. The van der Waals surface area contributed by atoms with E-state index in [9.17, 15) is 9.90 Å². The molecule has 0 bridgehead atoms. The molecule has 0 radical (unpaired) electrons. The van der Waals surface area contributed by atoms with Crippen LogP contribution in [0.4, 0.5) is 0 Å². The highest BCUT2D eigenvalue weighted by molar-refractivity contribution is 7.09. The lowest BCUT2D eigenvalue weighted by atomic mass is 10.1. The molecule has 0 aliphatic heterocycles. The van der Waals surface area contributed by atoms with Gasteiger partial charge in [-0.1, -0.05) is 12.1 Å². The summed E-state index contributed by atoms with van der Waals surface area (Å²) >= 11 is 1.34. The summed E-state index contributed by atoms with van der Waals surface area (Å²) in [6.45, 7) is 4.32. The molecule has 0 saturated heterocycles. The molecule has 2 rings (SSSR count). The van der Waals surface area contributed by atoms with Crippen LogP contribution in [-0.2, 0) is 6.54 Å². The van der Waals surface area contributed by atoms with Crippen molar-refractivity contribution in [3.05, 3.63) is 45.9 Å². The number of hydrogen-bond donors (Lipinski definition) is 3. The third kappa shape index (κ3) is 5.02.